The lowest BCUT2D eigenvalue weighted by Gasteiger charge is -2.32. The van der Waals surface area contributed by atoms with E-state index in [1.165, 1.54) is 9.21 Å². The first-order valence-corrected chi connectivity index (χ1v) is 10.8. The molecule has 0 spiro atoms. The van der Waals surface area contributed by atoms with Crippen molar-refractivity contribution in [2.75, 3.05) is 26.2 Å². The minimum atomic E-state index is -3.47. The van der Waals surface area contributed by atoms with Crippen molar-refractivity contribution in [3.05, 3.63) is 30.3 Å². The Bertz CT molecular complexity index is 744. The SMILES string of the molecule is Cl.O=C(CNC1CCN(S(=O)(=O)c2ccccc2)CC1)N1CCC[C@H]1B(O)O. The molecule has 2 aliphatic heterocycles. The monoisotopic (exact) mass is 431 g/mol. The van der Waals surface area contributed by atoms with Gasteiger partial charge in [0.2, 0.25) is 15.9 Å². The first kappa shape index (κ1) is 23.1. The van der Waals surface area contributed by atoms with Crippen LogP contribution < -0.4 is 5.32 Å². The molecule has 0 saturated carbocycles. The average Bonchev–Trinajstić information content (AvgIpc) is 3.17. The van der Waals surface area contributed by atoms with Crippen molar-refractivity contribution in [3.8, 4) is 0 Å². The molecule has 0 aliphatic carbocycles. The van der Waals surface area contributed by atoms with E-state index in [0.29, 0.717) is 43.8 Å². The van der Waals surface area contributed by atoms with Gasteiger partial charge < -0.3 is 20.3 Å². The van der Waals surface area contributed by atoms with Crippen LogP contribution in [-0.4, -0.2) is 78.9 Å². The third-order valence-electron chi connectivity index (χ3n) is 5.34. The summed E-state index contributed by atoms with van der Waals surface area (Å²) in [7, 11) is -4.98. The average molecular weight is 432 g/mol. The molecule has 2 aliphatic rings. The molecule has 0 unspecified atom stereocenters. The number of nitrogens with one attached hydrogen (secondary N) is 1. The number of amides is 1. The first-order chi connectivity index (χ1) is 12.9. The van der Waals surface area contributed by atoms with Crippen LogP contribution in [0.3, 0.4) is 0 Å². The molecule has 8 nitrogen and oxygen atoms in total. The molecule has 0 radical (unpaired) electrons. The molecule has 2 heterocycles. The molecule has 156 valence electrons. The van der Waals surface area contributed by atoms with Crippen LogP contribution in [0.2, 0.25) is 0 Å². The normalized spacial score (nSPS) is 21.4. The lowest BCUT2D eigenvalue weighted by molar-refractivity contribution is -0.130. The largest absolute Gasteiger partial charge is 0.475 e. The van der Waals surface area contributed by atoms with Gasteiger partial charge in [-0.05, 0) is 37.8 Å². The quantitative estimate of drug-likeness (QED) is 0.541. The Morgan fingerprint density at radius 3 is 2.36 bits per heavy atom. The summed E-state index contributed by atoms with van der Waals surface area (Å²) < 4.78 is 26.7. The highest BCUT2D eigenvalue weighted by atomic mass is 35.5. The van der Waals surface area contributed by atoms with Gasteiger partial charge in [0.05, 0.1) is 17.4 Å². The summed E-state index contributed by atoms with van der Waals surface area (Å²) in [4.78, 5) is 14.2. The van der Waals surface area contributed by atoms with Gasteiger partial charge in [-0.2, -0.15) is 4.31 Å². The molecule has 2 fully saturated rings. The molecule has 1 aromatic rings. The van der Waals surface area contributed by atoms with Gasteiger partial charge in [-0.3, -0.25) is 4.79 Å². The molecule has 3 rings (SSSR count). The van der Waals surface area contributed by atoms with Gasteiger partial charge >= 0.3 is 7.12 Å². The summed E-state index contributed by atoms with van der Waals surface area (Å²) in [6.07, 6.45) is 2.62. The third-order valence-corrected chi connectivity index (χ3v) is 7.25. The minimum absolute atomic E-state index is 0. The Labute approximate surface area is 172 Å². The van der Waals surface area contributed by atoms with Gasteiger partial charge in [-0.25, -0.2) is 8.42 Å². The number of nitrogens with zero attached hydrogens (tertiary/aromatic N) is 2. The number of hydrogen-bond donors (Lipinski definition) is 3. The molecule has 0 aromatic heterocycles. The Kier molecular flexibility index (Phi) is 8.29. The Morgan fingerprint density at radius 2 is 1.75 bits per heavy atom. The zero-order chi connectivity index (χ0) is 19.4. The van der Waals surface area contributed by atoms with Gasteiger partial charge in [-0.1, -0.05) is 18.2 Å². The highest BCUT2D eigenvalue weighted by molar-refractivity contribution is 7.89. The summed E-state index contributed by atoms with van der Waals surface area (Å²) in [5.74, 6) is -0.679. The van der Waals surface area contributed by atoms with Gasteiger partial charge in [0.15, 0.2) is 0 Å². The van der Waals surface area contributed by atoms with E-state index in [9.17, 15) is 23.3 Å². The van der Waals surface area contributed by atoms with Crippen LogP contribution in [0, 0.1) is 0 Å². The Hall–Kier alpha value is -1.17. The van der Waals surface area contributed by atoms with Crippen LogP contribution in [0.25, 0.3) is 0 Å². The van der Waals surface area contributed by atoms with Crippen molar-refractivity contribution in [2.24, 2.45) is 0 Å². The number of likely N-dealkylation sites (tertiary alicyclic amines) is 1. The molecule has 1 amide bonds. The van der Waals surface area contributed by atoms with E-state index in [1.54, 1.807) is 30.3 Å². The summed E-state index contributed by atoms with van der Waals surface area (Å²) in [5, 5.41) is 21.9. The summed E-state index contributed by atoms with van der Waals surface area (Å²) in [6.45, 7) is 1.48. The molecule has 28 heavy (non-hydrogen) atoms. The fourth-order valence-electron chi connectivity index (χ4n) is 3.79. The second-order valence-electron chi connectivity index (χ2n) is 7.08. The highest BCUT2D eigenvalue weighted by Gasteiger charge is 2.37. The van der Waals surface area contributed by atoms with Crippen LogP contribution >= 0.6 is 12.4 Å². The van der Waals surface area contributed by atoms with E-state index in [0.717, 1.165) is 6.42 Å². The van der Waals surface area contributed by atoms with Crippen molar-refractivity contribution in [1.82, 2.24) is 14.5 Å². The zero-order valence-corrected chi connectivity index (χ0v) is 17.2. The number of rotatable bonds is 6. The predicted octanol–water partition coefficient (Wildman–Crippen LogP) is -0.146. The van der Waals surface area contributed by atoms with Crippen molar-refractivity contribution in [1.29, 1.82) is 0 Å². The number of piperidine rings is 1. The van der Waals surface area contributed by atoms with Crippen molar-refractivity contribution >= 4 is 35.5 Å². The van der Waals surface area contributed by atoms with E-state index < -0.39 is 23.1 Å². The number of sulfonamides is 1. The number of hydrogen-bond acceptors (Lipinski definition) is 6. The van der Waals surface area contributed by atoms with Crippen molar-refractivity contribution in [3.63, 3.8) is 0 Å². The van der Waals surface area contributed by atoms with Crippen LogP contribution in [0.4, 0.5) is 0 Å². The lowest BCUT2D eigenvalue weighted by Crippen LogP contribution is -2.51. The Balaban J connectivity index is 0.00000280. The highest BCUT2D eigenvalue weighted by Crippen LogP contribution is 2.21. The van der Waals surface area contributed by atoms with Gasteiger partial charge in [0, 0.05) is 25.7 Å². The van der Waals surface area contributed by atoms with E-state index in [2.05, 4.69) is 5.32 Å². The smallest absolute Gasteiger partial charge is 0.426 e. The maximum Gasteiger partial charge on any atom is 0.475 e. The molecule has 11 heteroatoms. The lowest BCUT2D eigenvalue weighted by atomic mass is 9.78. The summed E-state index contributed by atoms with van der Waals surface area (Å²) >= 11 is 0. The molecule has 3 N–H and O–H groups in total. The van der Waals surface area contributed by atoms with E-state index in [-0.39, 0.29) is 30.9 Å². The van der Waals surface area contributed by atoms with Crippen LogP contribution in [-0.2, 0) is 14.8 Å². The van der Waals surface area contributed by atoms with Crippen molar-refractivity contribution in [2.45, 2.75) is 42.6 Å². The maximum atomic E-state index is 12.6. The molecule has 2 saturated heterocycles. The third kappa shape index (κ3) is 5.25. The molecule has 1 atom stereocenters. The number of carbonyl (C=O) groups excluding carboxylic acids is 1. The molecule has 0 bridgehead atoms. The summed E-state index contributed by atoms with van der Waals surface area (Å²) in [6, 6.07) is 8.47. The van der Waals surface area contributed by atoms with Gasteiger partial charge in [0.25, 0.3) is 0 Å². The predicted molar refractivity (Wildman–Crippen MR) is 108 cm³/mol. The first-order valence-electron chi connectivity index (χ1n) is 9.34. The molecular formula is C17H27BClN3O5S. The van der Waals surface area contributed by atoms with Gasteiger partial charge in [0.1, 0.15) is 0 Å². The fraction of sp³-hybridized carbons (Fsp3) is 0.588. The van der Waals surface area contributed by atoms with E-state index in [4.69, 9.17) is 0 Å². The van der Waals surface area contributed by atoms with Crippen LogP contribution in [0.15, 0.2) is 35.2 Å². The molecule has 1 aromatic carbocycles. The minimum Gasteiger partial charge on any atom is -0.426 e. The maximum absolute atomic E-state index is 12.6. The number of halogens is 1. The second-order valence-corrected chi connectivity index (χ2v) is 9.02. The number of carbonyl (C=O) groups is 1. The second kappa shape index (κ2) is 10.0. The van der Waals surface area contributed by atoms with Crippen LogP contribution in [0.1, 0.15) is 25.7 Å². The topological polar surface area (TPSA) is 110 Å². The van der Waals surface area contributed by atoms with Gasteiger partial charge in [-0.15, -0.1) is 12.4 Å². The molecular weight excluding hydrogens is 405 g/mol. The van der Waals surface area contributed by atoms with E-state index in [1.807, 2.05) is 0 Å². The Morgan fingerprint density at radius 1 is 1.11 bits per heavy atom. The fourth-order valence-corrected chi connectivity index (χ4v) is 5.28. The summed E-state index contributed by atoms with van der Waals surface area (Å²) in [5.41, 5.74) is 0. The zero-order valence-electron chi connectivity index (χ0n) is 15.6. The van der Waals surface area contributed by atoms with Crippen molar-refractivity contribution < 1.29 is 23.3 Å². The van der Waals surface area contributed by atoms with E-state index >= 15 is 0 Å². The standard InChI is InChI=1S/C17H26BN3O5S.ClH/c22-17(21-10-4-7-16(21)18(23)24)13-19-14-8-11-20(12-9-14)27(25,26)15-5-2-1-3-6-15;/h1-3,5-6,14,16,19,23-24H,4,7-13H2;1H/t16-;/m0./s1. The number of benzene rings is 1. The van der Waals surface area contributed by atoms with Crippen LogP contribution in [0.5, 0.6) is 0 Å².